The fourth-order valence-electron chi connectivity index (χ4n) is 2.11. The average molecular weight is 249 g/mol. The van der Waals surface area contributed by atoms with Crippen LogP contribution in [0.15, 0.2) is 18.2 Å². The molecule has 100 valence electrons. The van der Waals surface area contributed by atoms with Crippen LogP contribution >= 0.6 is 0 Å². The lowest BCUT2D eigenvalue weighted by atomic mass is 10.0. The first-order chi connectivity index (χ1) is 8.45. The predicted molar refractivity (Wildman–Crippen MR) is 73.8 cm³/mol. The van der Waals surface area contributed by atoms with Crippen molar-refractivity contribution < 1.29 is 9.90 Å². The third kappa shape index (κ3) is 3.84. The summed E-state index contributed by atoms with van der Waals surface area (Å²) in [5.41, 5.74) is 3.71. The van der Waals surface area contributed by atoms with E-state index in [2.05, 4.69) is 45.9 Å². The van der Waals surface area contributed by atoms with Crippen LogP contribution in [0.5, 0.6) is 0 Å². The Bertz CT molecular complexity index is 415. The Balaban J connectivity index is 2.89. The SMILES string of the molecule is CCCN(CC(=O)O)C(C)c1ccc(C)c(C)c1. The topological polar surface area (TPSA) is 40.5 Å². The Kier molecular flexibility index (Phi) is 5.35. The van der Waals surface area contributed by atoms with Gasteiger partial charge < -0.3 is 5.11 Å². The first kappa shape index (κ1) is 14.7. The van der Waals surface area contributed by atoms with Crippen molar-refractivity contribution in [3.63, 3.8) is 0 Å². The second-order valence-electron chi connectivity index (χ2n) is 4.88. The number of aryl methyl sites for hydroxylation is 2. The van der Waals surface area contributed by atoms with E-state index in [0.717, 1.165) is 13.0 Å². The van der Waals surface area contributed by atoms with Crippen molar-refractivity contribution in [3.8, 4) is 0 Å². The van der Waals surface area contributed by atoms with E-state index >= 15 is 0 Å². The molecule has 0 heterocycles. The van der Waals surface area contributed by atoms with Crippen LogP contribution in [-0.2, 0) is 4.79 Å². The van der Waals surface area contributed by atoms with E-state index in [1.807, 2.05) is 4.90 Å². The molecule has 1 unspecified atom stereocenters. The summed E-state index contributed by atoms with van der Waals surface area (Å²) in [5.74, 6) is -0.765. The molecule has 0 aliphatic carbocycles. The minimum absolute atomic E-state index is 0.0991. The summed E-state index contributed by atoms with van der Waals surface area (Å²) in [5, 5.41) is 8.96. The van der Waals surface area contributed by atoms with Gasteiger partial charge in [-0.2, -0.15) is 0 Å². The third-order valence-electron chi connectivity index (χ3n) is 3.41. The molecular formula is C15H23NO2. The minimum Gasteiger partial charge on any atom is -0.480 e. The molecule has 0 spiro atoms. The number of carboxylic acid groups (broad SMARTS) is 1. The van der Waals surface area contributed by atoms with Gasteiger partial charge in [0.25, 0.3) is 0 Å². The van der Waals surface area contributed by atoms with Gasteiger partial charge in [-0.1, -0.05) is 25.1 Å². The van der Waals surface area contributed by atoms with Crippen LogP contribution in [0.3, 0.4) is 0 Å². The molecule has 0 fully saturated rings. The summed E-state index contributed by atoms with van der Waals surface area (Å²) in [4.78, 5) is 12.9. The van der Waals surface area contributed by atoms with E-state index in [4.69, 9.17) is 5.11 Å². The number of carbonyl (C=O) groups is 1. The van der Waals surface area contributed by atoms with Gasteiger partial charge in [0.15, 0.2) is 0 Å². The highest BCUT2D eigenvalue weighted by atomic mass is 16.4. The molecule has 1 aromatic rings. The molecular weight excluding hydrogens is 226 g/mol. The fourth-order valence-corrected chi connectivity index (χ4v) is 2.11. The molecule has 0 saturated heterocycles. The molecule has 1 rings (SSSR count). The summed E-state index contributed by atoms with van der Waals surface area (Å²) in [6.07, 6.45) is 0.961. The highest BCUT2D eigenvalue weighted by Gasteiger charge is 2.17. The van der Waals surface area contributed by atoms with Crippen molar-refractivity contribution in [2.75, 3.05) is 13.1 Å². The maximum atomic E-state index is 10.9. The van der Waals surface area contributed by atoms with Crippen LogP contribution in [0.4, 0.5) is 0 Å². The molecule has 0 bridgehead atoms. The van der Waals surface area contributed by atoms with Crippen LogP contribution in [0.2, 0.25) is 0 Å². The molecule has 0 aliphatic rings. The normalized spacial score (nSPS) is 12.7. The van der Waals surface area contributed by atoms with E-state index in [1.54, 1.807) is 0 Å². The first-order valence-electron chi connectivity index (χ1n) is 6.48. The number of aliphatic carboxylic acids is 1. The number of nitrogens with zero attached hydrogens (tertiary/aromatic N) is 1. The zero-order chi connectivity index (χ0) is 13.7. The summed E-state index contributed by atoms with van der Waals surface area (Å²) in [7, 11) is 0. The number of hydrogen-bond acceptors (Lipinski definition) is 2. The number of benzene rings is 1. The lowest BCUT2D eigenvalue weighted by Crippen LogP contribution is -2.33. The van der Waals surface area contributed by atoms with Crippen molar-refractivity contribution in [2.24, 2.45) is 0 Å². The van der Waals surface area contributed by atoms with E-state index < -0.39 is 5.97 Å². The van der Waals surface area contributed by atoms with Crippen LogP contribution < -0.4 is 0 Å². The summed E-state index contributed by atoms with van der Waals surface area (Å²) in [6.45, 7) is 9.23. The molecule has 1 N–H and O–H groups in total. The molecule has 3 heteroatoms. The molecule has 3 nitrogen and oxygen atoms in total. The summed E-state index contributed by atoms with van der Waals surface area (Å²) >= 11 is 0. The van der Waals surface area contributed by atoms with Crippen molar-refractivity contribution in [3.05, 3.63) is 34.9 Å². The van der Waals surface area contributed by atoms with E-state index in [9.17, 15) is 4.79 Å². The van der Waals surface area contributed by atoms with Crippen molar-refractivity contribution in [1.82, 2.24) is 4.90 Å². The molecule has 0 amide bonds. The molecule has 0 aliphatic heterocycles. The molecule has 0 radical (unpaired) electrons. The maximum absolute atomic E-state index is 10.9. The van der Waals surface area contributed by atoms with Gasteiger partial charge in [-0.05, 0) is 50.4 Å². The van der Waals surface area contributed by atoms with Gasteiger partial charge in [0.2, 0.25) is 0 Å². The third-order valence-corrected chi connectivity index (χ3v) is 3.41. The largest absolute Gasteiger partial charge is 0.480 e. The average Bonchev–Trinajstić information content (AvgIpc) is 2.31. The monoisotopic (exact) mass is 249 g/mol. The Morgan fingerprint density at radius 3 is 2.50 bits per heavy atom. The highest BCUT2D eigenvalue weighted by Crippen LogP contribution is 2.22. The Hall–Kier alpha value is -1.35. The van der Waals surface area contributed by atoms with Gasteiger partial charge in [-0.3, -0.25) is 9.69 Å². The summed E-state index contributed by atoms with van der Waals surface area (Å²) < 4.78 is 0. The maximum Gasteiger partial charge on any atom is 0.317 e. The van der Waals surface area contributed by atoms with Crippen LogP contribution in [0.25, 0.3) is 0 Å². The Morgan fingerprint density at radius 1 is 1.33 bits per heavy atom. The van der Waals surface area contributed by atoms with Gasteiger partial charge in [0.1, 0.15) is 0 Å². The van der Waals surface area contributed by atoms with Crippen LogP contribution in [0.1, 0.15) is 43.0 Å². The second-order valence-corrected chi connectivity index (χ2v) is 4.88. The van der Waals surface area contributed by atoms with Crippen molar-refractivity contribution in [1.29, 1.82) is 0 Å². The van der Waals surface area contributed by atoms with Crippen molar-refractivity contribution in [2.45, 2.75) is 40.2 Å². The second kappa shape index (κ2) is 6.55. The minimum atomic E-state index is -0.765. The number of rotatable bonds is 6. The Morgan fingerprint density at radius 2 is 2.00 bits per heavy atom. The predicted octanol–water partition coefficient (Wildman–Crippen LogP) is 3.16. The molecule has 0 saturated carbocycles. The fraction of sp³-hybridized carbons (Fsp3) is 0.533. The van der Waals surface area contributed by atoms with Gasteiger partial charge >= 0.3 is 5.97 Å². The zero-order valence-corrected chi connectivity index (χ0v) is 11.7. The van der Waals surface area contributed by atoms with E-state index in [-0.39, 0.29) is 12.6 Å². The lowest BCUT2D eigenvalue weighted by Gasteiger charge is -2.27. The van der Waals surface area contributed by atoms with E-state index in [0.29, 0.717) is 0 Å². The van der Waals surface area contributed by atoms with Gasteiger partial charge in [0, 0.05) is 6.04 Å². The van der Waals surface area contributed by atoms with Crippen LogP contribution in [-0.4, -0.2) is 29.1 Å². The molecule has 1 aromatic carbocycles. The highest BCUT2D eigenvalue weighted by molar-refractivity contribution is 5.69. The molecule has 1 atom stereocenters. The number of carboxylic acids is 1. The summed E-state index contributed by atoms with van der Waals surface area (Å²) in [6, 6.07) is 6.49. The molecule has 18 heavy (non-hydrogen) atoms. The van der Waals surface area contributed by atoms with Crippen molar-refractivity contribution >= 4 is 5.97 Å². The first-order valence-corrected chi connectivity index (χ1v) is 6.48. The number of hydrogen-bond donors (Lipinski definition) is 1. The quantitative estimate of drug-likeness (QED) is 0.842. The van der Waals surface area contributed by atoms with Gasteiger partial charge in [0.05, 0.1) is 6.54 Å². The van der Waals surface area contributed by atoms with Gasteiger partial charge in [-0.15, -0.1) is 0 Å². The van der Waals surface area contributed by atoms with Crippen LogP contribution in [0, 0.1) is 13.8 Å². The molecule has 0 aromatic heterocycles. The zero-order valence-electron chi connectivity index (χ0n) is 11.7. The Labute approximate surface area is 109 Å². The lowest BCUT2D eigenvalue weighted by molar-refractivity contribution is -0.138. The standard InChI is InChI=1S/C15H23NO2/c1-5-8-16(10-15(17)18)13(4)14-7-6-11(2)12(3)9-14/h6-7,9,13H,5,8,10H2,1-4H3,(H,17,18). The van der Waals surface area contributed by atoms with Gasteiger partial charge in [-0.25, -0.2) is 0 Å². The van der Waals surface area contributed by atoms with E-state index in [1.165, 1.54) is 16.7 Å². The smallest absolute Gasteiger partial charge is 0.317 e.